The molecular weight excluding hydrogens is 511 g/mol. The molecule has 0 saturated heterocycles. The number of hydrogen-bond donors (Lipinski definition) is 1. The highest BCUT2D eigenvalue weighted by molar-refractivity contribution is 8.00. The van der Waals surface area contributed by atoms with Crippen molar-refractivity contribution < 1.29 is 26.7 Å². The lowest BCUT2D eigenvalue weighted by Crippen LogP contribution is -2.26. The predicted octanol–water partition coefficient (Wildman–Crippen LogP) is 7.01. The number of amides is 1. The third-order valence-electron chi connectivity index (χ3n) is 5.30. The molecule has 0 bridgehead atoms. The van der Waals surface area contributed by atoms with E-state index in [1.54, 1.807) is 6.92 Å². The summed E-state index contributed by atoms with van der Waals surface area (Å²) in [5.74, 6) is -1.55. The number of carbonyl (C=O) groups excluding carboxylic acids is 1. The number of thioether (sulfide) groups is 1. The topological polar surface area (TPSA) is 67.8 Å². The highest BCUT2D eigenvalue weighted by atomic mass is 32.2. The van der Waals surface area contributed by atoms with Crippen molar-refractivity contribution in [3.8, 4) is 22.5 Å². The van der Waals surface area contributed by atoms with Crippen molar-refractivity contribution in [1.82, 2.24) is 15.2 Å². The monoisotopic (exact) mass is 530 g/mol. The number of para-hydroxylation sites is 1. The fourth-order valence-electron chi connectivity index (χ4n) is 3.47. The molecular formula is C26H19F5N4OS. The number of alkyl halides is 3. The molecule has 0 saturated carbocycles. The number of rotatable bonds is 7. The Morgan fingerprint density at radius 3 is 2.00 bits per heavy atom. The second-order valence-electron chi connectivity index (χ2n) is 7.85. The fourth-order valence-corrected chi connectivity index (χ4v) is 4.29. The molecule has 0 aliphatic carbocycles. The van der Waals surface area contributed by atoms with Crippen molar-refractivity contribution >= 4 is 23.4 Å². The number of hydrogen-bond acceptors (Lipinski definition) is 5. The van der Waals surface area contributed by atoms with Gasteiger partial charge >= 0.3 is 6.18 Å². The van der Waals surface area contributed by atoms with Gasteiger partial charge in [-0.05, 0) is 67.1 Å². The van der Waals surface area contributed by atoms with E-state index in [0.29, 0.717) is 22.5 Å². The first-order valence-corrected chi connectivity index (χ1v) is 11.9. The third-order valence-corrected chi connectivity index (χ3v) is 6.52. The smallest absolute Gasteiger partial charge is 0.325 e. The zero-order valence-electron chi connectivity index (χ0n) is 19.3. The van der Waals surface area contributed by atoms with E-state index in [2.05, 4.69) is 20.5 Å². The number of nitrogens with one attached hydrogen (secondary N) is 1. The molecule has 1 amide bonds. The first-order chi connectivity index (χ1) is 17.7. The second-order valence-corrected chi connectivity index (χ2v) is 9.02. The van der Waals surface area contributed by atoms with Crippen LogP contribution >= 0.6 is 11.8 Å². The Labute approximate surface area is 213 Å². The van der Waals surface area contributed by atoms with E-state index in [0.717, 1.165) is 17.8 Å². The Morgan fingerprint density at radius 2 is 1.43 bits per heavy atom. The lowest BCUT2D eigenvalue weighted by molar-refractivity contribution is -0.137. The average molecular weight is 531 g/mol. The molecule has 0 unspecified atom stereocenters. The van der Waals surface area contributed by atoms with Gasteiger partial charge in [-0.25, -0.2) is 13.8 Å². The zero-order chi connectivity index (χ0) is 26.6. The molecule has 1 atom stereocenters. The molecule has 1 heterocycles. The normalized spacial score (nSPS) is 12.3. The maximum atomic E-state index is 13.5. The Bertz CT molecular complexity index is 1400. The van der Waals surface area contributed by atoms with Crippen LogP contribution in [0.1, 0.15) is 18.9 Å². The van der Waals surface area contributed by atoms with Gasteiger partial charge in [-0.2, -0.15) is 13.2 Å². The van der Waals surface area contributed by atoms with Crippen LogP contribution in [0.2, 0.25) is 0 Å². The molecule has 37 heavy (non-hydrogen) atoms. The van der Waals surface area contributed by atoms with Gasteiger partial charge < -0.3 is 5.32 Å². The van der Waals surface area contributed by atoms with E-state index in [-0.39, 0.29) is 17.3 Å². The summed E-state index contributed by atoms with van der Waals surface area (Å²) in [4.78, 5) is 17.4. The van der Waals surface area contributed by atoms with Crippen molar-refractivity contribution in [2.45, 2.75) is 29.9 Å². The molecule has 5 nitrogen and oxygen atoms in total. The van der Waals surface area contributed by atoms with E-state index in [4.69, 9.17) is 0 Å². The minimum Gasteiger partial charge on any atom is -0.325 e. The molecule has 4 aromatic rings. The summed E-state index contributed by atoms with van der Waals surface area (Å²) in [6.45, 7) is 1.70. The van der Waals surface area contributed by atoms with Crippen LogP contribution in [0, 0.1) is 11.6 Å². The SMILES string of the molecule is CC[C@H](Sc1nnc(-c2ccc(F)cc2)c(-c2ccc(F)cc2)n1)C(=O)Nc1ccccc1C(F)(F)F. The fraction of sp³-hybridized carbons (Fsp3) is 0.154. The number of anilines is 1. The van der Waals surface area contributed by atoms with Crippen molar-refractivity contribution in [3.05, 3.63) is 90.0 Å². The first-order valence-electron chi connectivity index (χ1n) is 11.1. The van der Waals surface area contributed by atoms with E-state index >= 15 is 0 Å². The summed E-state index contributed by atoms with van der Waals surface area (Å²) in [5, 5.41) is 9.93. The summed E-state index contributed by atoms with van der Waals surface area (Å²) in [5.41, 5.74) is 0.356. The van der Waals surface area contributed by atoms with Crippen molar-refractivity contribution in [2.24, 2.45) is 0 Å². The molecule has 0 fully saturated rings. The Balaban J connectivity index is 1.65. The first kappa shape index (κ1) is 26.2. The van der Waals surface area contributed by atoms with E-state index in [1.165, 1.54) is 66.7 Å². The van der Waals surface area contributed by atoms with Gasteiger partial charge in [-0.1, -0.05) is 30.8 Å². The molecule has 1 N–H and O–H groups in total. The van der Waals surface area contributed by atoms with Gasteiger partial charge in [0.2, 0.25) is 11.1 Å². The predicted molar refractivity (Wildman–Crippen MR) is 131 cm³/mol. The van der Waals surface area contributed by atoms with Crippen LogP contribution in [0.25, 0.3) is 22.5 Å². The average Bonchev–Trinajstić information content (AvgIpc) is 2.88. The standard InChI is InChI=1S/C26H19F5N4OS/c1-2-21(24(36)32-20-6-4-3-5-19(20)26(29,30)31)37-25-33-22(15-7-11-17(27)12-8-15)23(34-35-25)16-9-13-18(28)14-10-16/h3-14,21H,2H2,1H3,(H,32,36)/t21-/m0/s1. The lowest BCUT2D eigenvalue weighted by atomic mass is 10.0. The van der Waals surface area contributed by atoms with Gasteiger partial charge in [0.1, 0.15) is 23.0 Å². The third kappa shape index (κ3) is 6.29. The summed E-state index contributed by atoms with van der Waals surface area (Å²) in [6.07, 6.45) is -4.37. The van der Waals surface area contributed by atoms with E-state index < -0.39 is 34.5 Å². The van der Waals surface area contributed by atoms with E-state index in [9.17, 15) is 26.7 Å². The largest absolute Gasteiger partial charge is 0.418 e. The number of aromatic nitrogens is 3. The van der Waals surface area contributed by atoms with Crippen LogP contribution in [0.4, 0.5) is 27.6 Å². The Kier molecular flexibility index (Phi) is 7.82. The minimum absolute atomic E-state index is 0.0938. The molecule has 0 radical (unpaired) electrons. The quantitative estimate of drug-likeness (QED) is 0.206. The van der Waals surface area contributed by atoms with Gasteiger partial charge in [-0.3, -0.25) is 4.79 Å². The molecule has 0 aliphatic heterocycles. The molecule has 0 aliphatic rings. The molecule has 11 heteroatoms. The van der Waals surface area contributed by atoms with Gasteiger partial charge in [0.25, 0.3) is 0 Å². The molecule has 190 valence electrons. The highest BCUT2D eigenvalue weighted by Gasteiger charge is 2.34. The molecule has 4 rings (SSSR count). The Morgan fingerprint density at radius 1 is 0.865 bits per heavy atom. The van der Waals surface area contributed by atoms with Crippen LogP contribution in [0.5, 0.6) is 0 Å². The van der Waals surface area contributed by atoms with Gasteiger partial charge in [0, 0.05) is 11.1 Å². The summed E-state index contributed by atoms with van der Waals surface area (Å²) in [6, 6.07) is 15.7. The van der Waals surface area contributed by atoms with Crippen LogP contribution in [-0.2, 0) is 11.0 Å². The second kappa shape index (κ2) is 11.0. The van der Waals surface area contributed by atoms with Gasteiger partial charge in [0.15, 0.2) is 0 Å². The van der Waals surface area contributed by atoms with E-state index in [1.807, 2.05) is 0 Å². The van der Waals surface area contributed by atoms with Crippen molar-refractivity contribution in [2.75, 3.05) is 5.32 Å². The molecule has 1 aromatic heterocycles. The summed E-state index contributed by atoms with van der Waals surface area (Å²) >= 11 is 0.936. The minimum atomic E-state index is -4.63. The number of halogens is 5. The van der Waals surface area contributed by atoms with Crippen molar-refractivity contribution in [1.29, 1.82) is 0 Å². The van der Waals surface area contributed by atoms with Crippen LogP contribution < -0.4 is 5.32 Å². The number of benzene rings is 3. The van der Waals surface area contributed by atoms with Crippen LogP contribution in [-0.4, -0.2) is 26.3 Å². The maximum absolute atomic E-state index is 13.5. The summed E-state index contributed by atoms with van der Waals surface area (Å²) in [7, 11) is 0. The lowest BCUT2D eigenvalue weighted by Gasteiger charge is -2.17. The molecule has 3 aromatic carbocycles. The Hall–Kier alpha value is -3.86. The molecule has 0 spiro atoms. The highest BCUT2D eigenvalue weighted by Crippen LogP contribution is 2.36. The van der Waals surface area contributed by atoms with Crippen LogP contribution in [0.3, 0.4) is 0 Å². The zero-order valence-corrected chi connectivity index (χ0v) is 20.1. The number of carbonyl (C=O) groups is 1. The maximum Gasteiger partial charge on any atom is 0.418 e. The van der Waals surface area contributed by atoms with Gasteiger partial charge in [-0.15, -0.1) is 10.2 Å². The van der Waals surface area contributed by atoms with Crippen LogP contribution in [0.15, 0.2) is 78.0 Å². The summed E-state index contributed by atoms with van der Waals surface area (Å²) < 4.78 is 67.0. The van der Waals surface area contributed by atoms with Crippen molar-refractivity contribution in [3.63, 3.8) is 0 Å². The number of nitrogens with zero attached hydrogens (tertiary/aromatic N) is 3. The van der Waals surface area contributed by atoms with Gasteiger partial charge in [0.05, 0.1) is 16.5 Å².